The smallest absolute Gasteiger partial charge is 0.0623 e. The predicted molar refractivity (Wildman–Crippen MR) is 307 cm³/mol. The minimum absolute atomic E-state index is 0.415. The number of fused-ring (bicyclic) bond motifs is 15. The summed E-state index contributed by atoms with van der Waals surface area (Å²) in [5.41, 5.74) is 25.5. The average Bonchev–Trinajstić information content (AvgIpc) is 4.01. The first-order chi connectivity index (χ1) is 35.5. The summed E-state index contributed by atoms with van der Waals surface area (Å²) < 4.78 is 0. The second-order valence-electron chi connectivity index (χ2n) is 20.7. The first kappa shape index (κ1) is 41.2. The van der Waals surface area contributed by atoms with Gasteiger partial charge in [0.2, 0.25) is 0 Å². The Morgan fingerprint density at radius 2 is 0.625 bits per heavy atom. The minimum atomic E-state index is -2.05. The van der Waals surface area contributed by atoms with Crippen LogP contribution in [0.25, 0.3) is 111 Å². The average molecular weight is 929 g/mol. The second kappa shape index (κ2) is 15.4. The number of hydrogen-bond acceptors (Lipinski definition) is 0. The predicted octanol–water partition coefficient (Wildman–Crippen LogP) is 17.5. The molecule has 0 radical (unpaired) electrons. The molecule has 1 heterocycles. The van der Waals surface area contributed by atoms with E-state index in [9.17, 15) is 0 Å². The zero-order chi connectivity index (χ0) is 47.7. The number of rotatable bonds is 5. The van der Waals surface area contributed by atoms with E-state index in [2.05, 4.69) is 268 Å². The van der Waals surface area contributed by atoms with Gasteiger partial charge in [-0.25, -0.2) is 0 Å². The van der Waals surface area contributed by atoms with Gasteiger partial charge in [0, 0.05) is 0 Å². The van der Waals surface area contributed by atoms with Crippen LogP contribution in [0.1, 0.15) is 22.3 Å². The molecule has 12 aromatic carbocycles. The fourth-order valence-corrected chi connectivity index (χ4v) is 16.5. The summed E-state index contributed by atoms with van der Waals surface area (Å²) in [6, 6.07) is 96.6. The van der Waals surface area contributed by atoms with E-state index in [0.717, 1.165) is 0 Å². The zero-order valence-electron chi connectivity index (χ0n) is 40.2. The maximum Gasteiger partial charge on any atom is 0.113 e. The van der Waals surface area contributed by atoms with Crippen molar-refractivity contribution in [2.24, 2.45) is 0 Å². The molecule has 3 aliphatic rings. The highest BCUT2D eigenvalue weighted by molar-refractivity contribution is 7.04. The van der Waals surface area contributed by atoms with E-state index in [1.54, 1.807) is 0 Å². The Labute approximate surface area is 422 Å². The molecule has 0 aromatic heterocycles. The van der Waals surface area contributed by atoms with Gasteiger partial charge in [0.1, 0.15) is 8.07 Å². The Morgan fingerprint density at radius 1 is 0.236 bits per heavy atom. The fourth-order valence-electron chi connectivity index (χ4n) is 13.4. The van der Waals surface area contributed by atoms with Gasteiger partial charge in [-0.05, 0) is 161 Å². The van der Waals surface area contributed by atoms with Crippen molar-refractivity contribution in [1.29, 1.82) is 0 Å². The zero-order valence-corrected chi connectivity index (χ0v) is 41.2. The third kappa shape index (κ3) is 5.74. The normalized spacial score (nSPS) is 13.9. The van der Waals surface area contributed by atoms with Gasteiger partial charge in [-0.3, -0.25) is 0 Å². The summed E-state index contributed by atoms with van der Waals surface area (Å²) in [4.78, 5) is 0. The molecule has 0 atom stereocenters. The molecular formula is C71H48Si. The van der Waals surface area contributed by atoms with E-state index in [-0.39, 0.29) is 0 Å². The third-order valence-corrected chi connectivity index (χ3v) is 20.3. The van der Waals surface area contributed by atoms with Gasteiger partial charge in [0.25, 0.3) is 0 Å². The van der Waals surface area contributed by atoms with Crippen molar-refractivity contribution in [1.82, 2.24) is 0 Å². The van der Waals surface area contributed by atoms with Crippen LogP contribution in [0.15, 0.2) is 255 Å². The van der Waals surface area contributed by atoms with Crippen molar-refractivity contribution < 1.29 is 0 Å². The van der Waals surface area contributed by atoms with Crippen LogP contribution in [0.5, 0.6) is 0 Å². The second-order valence-corrected chi connectivity index (χ2v) is 25.0. The Hall–Kier alpha value is -8.62. The van der Waals surface area contributed by atoms with Gasteiger partial charge in [-0.1, -0.05) is 250 Å². The van der Waals surface area contributed by atoms with E-state index < -0.39 is 13.5 Å². The highest BCUT2D eigenvalue weighted by Gasteiger charge is 2.51. The van der Waals surface area contributed by atoms with Crippen LogP contribution in [0.2, 0.25) is 13.1 Å². The first-order valence-corrected chi connectivity index (χ1v) is 28.4. The van der Waals surface area contributed by atoms with Gasteiger partial charge in [-0.15, -0.1) is 0 Å². The van der Waals surface area contributed by atoms with Crippen molar-refractivity contribution in [2.75, 3.05) is 0 Å². The minimum Gasteiger partial charge on any atom is -0.0623 e. The van der Waals surface area contributed by atoms with Gasteiger partial charge in [-0.2, -0.15) is 0 Å². The molecule has 12 aromatic rings. The largest absolute Gasteiger partial charge is 0.113 e. The Morgan fingerprint density at radius 3 is 1.19 bits per heavy atom. The van der Waals surface area contributed by atoms with Gasteiger partial charge >= 0.3 is 0 Å². The summed E-state index contributed by atoms with van der Waals surface area (Å²) >= 11 is 0. The Kier molecular flexibility index (Phi) is 8.83. The molecule has 1 aliphatic heterocycles. The molecule has 0 nitrogen and oxygen atoms in total. The molecule has 1 spiro atoms. The van der Waals surface area contributed by atoms with E-state index >= 15 is 0 Å². The quantitative estimate of drug-likeness (QED) is 0.119. The topological polar surface area (TPSA) is 0 Å². The van der Waals surface area contributed by atoms with Crippen molar-refractivity contribution in [3.8, 4) is 89.0 Å². The van der Waals surface area contributed by atoms with Crippen molar-refractivity contribution in [2.45, 2.75) is 18.5 Å². The van der Waals surface area contributed by atoms with Crippen molar-refractivity contribution >= 4 is 40.0 Å². The molecule has 0 fully saturated rings. The van der Waals surface area contributed by atoms with Crippen molar-refractivity contribution in [3.05, 3.63) is 277 Å². The van der Waals surface area contributed by atoms with Gasteiger partial charge in [0.15, 0.2) is 0 Å². The van der Waals surface area contributed by atoms with Crippen LogP contribution in [-0.4, -0.2) is 8.07 Å². The molecule has 72 heavy (non-hydrogen) atoms. The maximum absolute atomic E-state index is 2.62. The Balaban J connectivity index is 1.02. The highest BCUT2D eigenvalue weighted by Crippen LogP contribution is 2.63. The van der Waals surface area contributed by atoms with Crippen LogP contribution in [0, 0.1) is 0 Å². The van der Waals surface area contributed by atoms with Gasteiger partial charge < -0.3 is 0 Å². The molecule has 0 saturated heterocycles. The molecular weight excluding hydrogens is 881 g/mol. The summed E-state index contributed by atoms with van der Waals surface area (Å²) in [5.74, 6) is 0. The van der Waals surface area contributed by atoms with Crippen LogP contribution >= 0.6 is 0 Å². The van der Waals surface area contributed by atoms with Crippen molar-refractivity contribution in [3.63, 3.8) is 0 Å². The lowest BCUT2D eigenvalue weighted by Crippen LogP contribution is -2.49. The molecule has 0 bridgehead atoms. The summed E-state index contributed by atoms with van der Waals surface area (Å²) in [7, 11) is -2.05. The summed E-state index contributed by atoms with van der Waals surface area (Å²) in [6.45, 7) is 5.08. The molecule has 0 saturated carbocycles. The monoisotopic (exact) mass is 928 g/mol. The van der Waals surface area contributed by atoms with Crippen LogP contribution < -0.4 is 10.4 Å². The first-order valence-electron chi connectivity index (χ1n) is 25.4. The molecule has 0 unspecified atom stereocenters. The molecule has 0 N–H and O–H groups in total. The van der Waals surface area contributed by atoms with Crippen LogP contribution in [-0.2, 0) is 5.41 Å². The van der Waals surface area contributed by atoms with Crippen LogP contribution in [0.3, 0.4) is 0 Å². The Bertz CT molecular complexity index is 4140. The number of hydrogen-bond donors (Lipinski definition) is 0. The standard InChI is InChI=1S/C71H48Si/c1-72(2)67-28-16-12-24-57(67)59-43-61-62(44-68(59)72)70(50-35-31-48(32-36-50)46-19-7-4-8-20-46)60-41-51(38-40-58(60)69(61)49-33-29-47(30-34-49)45-17-5-3-6-18-45)52-37-39-56-55-23-11-15-27-65(55)71(66(56)42-52)63-25-13-9-21-53(63)54-22-10-14-26-64(54)71/h3-44H,1-2H3. The SMILES string of the molecule is C[Si]1(C)c2ccccc2-c2cc3c(-c4ccc(-c5ccccc5)cc4)c4ccc(-c5ccc6c(c5)C5(c7ccccc7-c7ccccc75)c5ccccc5-6)cc4c(-c4ccc(-c5ccccc5)cc4)c3cc21. The molecule has 15 rings (SSSR count). The van der Waals surface area contributed by atoms with E-state index in [1.807, 2.05) is 0 Å². The number of benzene rings is 12. The lowest BCUT2D eigenvalue weighted by Gasteiger charge is -2.30. The lowest BCUT2D eigenvalue weighted by molar-refractivity contribution is 0.794. The molecule has 336 valence electrons. The van der Waals surface area contributed by atoms with E-state index in [4.69, 9.17) is 0 Å². The third-order valence-electron chi connectivity index (χ3n) is 16.7. The highest BCUT2D eigenvalue weighted by atomic mass is 28.3. The molecule has 1 heteroatoms. The van der Waals surface area contributed by atoms with Gasteiger partial charge in [0.05, 0.1) is 5.41 Å². The lowest BCUT2D eigenvalue weighted by atomic mass is 9.70. The van der Waals surface area contributed by atoms with Crippen LogP contribution in [0.4, 0.5) is 0 Å². The summed E-state index contributed by atoms with van der Waals surface area (Å²) in [6.07, 6.45) is 0. The van der Waals surface area contributed by atoms with E-state index in [1.165, 1.54) is 143 Å². The fraction of sp³-hybridized carbons (Fsp3) is 0.0423. The summed E-state index contributed by atoms with van der Waals surface area (Å²) in [5, 5.41) is 8.16. The maximum atomic E-state index is 2.62. The van der Waals surface area contributed by atoms with E-state index in [0.29, 0.717) is 0 Å². The molecule has 2 aliphatic carbocycles. The molecule has 0 amide bonds.